The maximum Gasteiger partial charge on any atom is 0.435 e. The summed E-state index contributed by atoms with van der Waals surface area (Å²) in [5.74, 6) is -0.452. The molecule has 3 rings (SSSR count). The Hall–Kier alpha value is -2.28. The quantitative estimate of drug-likeness (QED) is 0.438. The Labute approximate surface area is 153 Å². The molecule has 0 bridgehead atoms. The van der Waals surface area contributed by atoms with Crippen LogP contribution in [0, 0.1) is 5.82 Å². The fourth-order valence-corrected chi connectivity index (χ4v) is 3.00. The molecule has 26 heavy (non-hydrogen) atoms. The van der Waals surface area contributed by atoms with Crippen LogP contribution in [0.4, 0.5) is 17.6 Å². The van der Waals surface area contributed by atoms with E-state index in [-0.39, 0.29) is 12.0 Å². The SMILES string of the molecule is CCCc1c(C(F)(F)F)nn(-c2ccc(S)cc2)c1-c1ccc(F)cc1. The molecule has 0 fully saturated rings. The Morgan fingerprint density at radius 1 is 1.00 bits per heavy atom. The molecule has 0 saturated heterocycles. The van der Waals surface area contributed by atoms with Crippen molar-refractivity contribution in [2.75, 3.05) is 0 Å². The molecule has 0 amide bonds. The van der Waals surface area contributed by atoms with Crippen LogP contribution in [0.5, 0.6) is 0 Å². The highest BCUT2D eigenvalue weighted by molar-refractivity contribution is 7.80. The largest absolute Gasteiger partial charge is 0.435 e. The molecule has 0 spiro atoms. The van der Waals surface area contributed by atoms with E-state index in [0.717, 1.165) is 0 Å². The zero-order valence-corrected chi connectivity index (χ0v) is 14.8. The van der Waals surface area contributed by atoms with Gasteiger partial charge in [-0.3, -0.25) is 0 Å². The van der Waals surface area contributed by atoms with Gasteiger partial charge in [-0.15, -0.1) is 12.6 Å². The first-order chi connectivity index (χ1) is 12.3. The van der Waals surface area contributed by atoms with Gasteiger partial charge in [-0.1, -0.05) is 13.3 Å². The molecule has 7 heteroatoms. The van der Waals surface area contributed by atoms with E-state index in [1.54, 1.807) is 24.3 Å². The molecule has 0 unspecified atom stereocenters. The Morgan fingerprint density at radius 3 is 2.15 bits per heavy atom. The minimum Gasteiger partial charge on any atom is -0.232 e. The first-order valence-electron chi connectivity index (χ1n) is 8.05. The number of aromatic nitrogens is 2. The minimum atomic E-state index is -4.58. The van der Waals surface area contributed by atoms with E-state index < -0.39 is 17.7 Å². The zero-order valence-electron chi connectivity index (χ0n) is 13.9. The summed E-state index contributed by atoms with van der Waals surface area (Å²) < 4.78 is 55.3. The summed E-state index contributed by atoms with van der Waals surface area (Å²) >= 11 is 4.20. The molecule has 0 aliphatic rings. The van der Waals surface area contributed by atoms with E-state index in [1.807, 2.05) is 6.92 Å². The lowest BCUT2D eigenvalue weighted by molar-refractivity contribution is -0.141. The van der Waals surface area contributed by atoms with E-state index in [1.165, 1.54) is 28.9 Å². The average molecular weight is 380 g/mol. The summed E-state index contributed by atoms with van der Waals surface area (Å²) in [7, 11) is 0. The van der Waals surface area contributed by atoms with Crippen molar-refractivity contribution in [3.05, 3.63) is 65.6 Å². The van der Waals surface area contributed by atoms with Crippen LogP contribution in [0.2, 0.25) is 0 Å². The second-order valence-electron chi connectivity index (χ2n) is 5.86. The van der Waals surface area contributed by atoms with Gasteiger partial charge in [-0.05, 0) is 55.0 Å². The van der Waals surface area contributed by atoms with Crippen molar-refractivity contribution in [1.29, 1.82) is 0 Å². The predicted molar refractivity (Wildman–Crippen MR) is 95.2 cm³/mol. The Morgan fingerprint density at radius 2 is 1.62 bits per heavy atom. The maximum absolute atomic E-state index is 13.6. The van der Waals surface area contributed by atoms with E-state index >= 15 is 0 Å². The molecular formula is C19H16F4N2S. The summed E-state index contributed by atoms with van der Waals surface area (Å²) in [6.45, 7) is 1.81. The number of nitrogens with zero attached hydrogens (tertiary/aromatic N) is 2. The fourth-order valence-electron chi connectivity index (χ4n) is 2.85. The van der Waals surface area contributed by atoms with E-state index in [2.05, 4.69) is 17.7 Å². The monoisotopic (exact) mass is 380 g/mol. The number of alkyl halides is 3. The lowest BCUT2D eigenvalue weighted by Gasteiger charge is -2.10. The number of halogens is 4. The number of hydrogen-bond acceptors (Lipinski definition) is 2. The van der Waals surface area contributed by atoms with Gasteiger partial charge >= 0.3 is 6.18 Å². The third kappa shape index (κ3) is 3.62. The highest BCUT2D eigenvalue weighted by Crippen LogP contribution is 2.38. The lowest BCUT2D eigenvalue weighted by Crippen LogP contribution is -2.09. The topological polar surface area (TPSA) is 17.8 Å². The van der Waals surface area contributed by atoms with Gasteiger partial charge in [0.15, 0.2) is 5.69 Å². The van der Waals surface area contributed by atoms with Gasteiger partial charge < -0.3 is 0 Å². The van der Waals surface area contributed by atoms with Crippen LogP contribution in [-0.2, 0) is 12.6 Å². The maximum atomic E-state index is 13.6. The Bertz CT molecular complexity index is 897. The van der Waals surface area contributed by atoms with Crippen LogP contribution < -0.4 is 0 Å². The van der Waals surface area contributed by atoms with E-state index in [0.29, 0.717) is 28.3 Å². The number of hydrogen-bond donors (Lipinski definition) is 1. The summed E-state index contributed by atoms with van der Waals surface area (Å²) in [6.07, 6.45) is -3.83. The van der Waals surface area contributed by atoms with Gasteiger partial charge in [0, 0.05) is 16.0 Å². The molecule has 1 heterocycles. The van der Waals surface area contributed by atoms with Crippen molar-refractivity contribution >= 4 is 12.6 Å². The number of rotatable bonds is 4. The van der Waals surface area contributed by atoms with Gasteiger partial charge in [0.2, 0.25) is 0 Å². The summed E-state index contributed by atoms with van der Waals surface area (Å²) in [6, 6.07) is 12.1. The molecule has 136 valence electrons. The molecule has 1 aromatic heterocycles. The molecule has 0 aliphatic carbocycles. The summed E-state index contributed by atoms with van der Waals surface area (Å²) in [5.41, 5.74) is 0.490. The summed E-state index contributed by atoms with van der Waals surface area (Å²) in [5, 5.41) is 3.87. The highest BCUT2D eigenvalue weighted by Gasteiger charge is 2.39. The number of benzene rings is 2. The van der Waals surface area contributed by atoms with Crippen molar-refractivity contribution in [1.82, 2.24) is 9.78 Å². The van der Waals surface area contributed by atoms with Crippen LogP contribution >= 0.6 is 12.6 Å². The molecule has 3 aromatic rings. The van der Waals surface area contributed by atoms with E-state index in [4.69, 9.17) is 0 Å². The van der Waals surface area contributed by atoms with Gasteiger partial charge in [0.1, 0.15) is 5.82 Å². The smallest absolute Gasteiger partial charge is 0.232 e. The van der Waals surface area contributed by atoms with Crippen LogP contribution in [0.3, 0.4) is 0 Å². The summed E-state index contributed by atoms with van der Waals surface area (Å²) in [4.78, 5) is 0.689. The van der Waals surface area contributed by atoms with Gasteiger partial charge in [0.25, 0.3) is 0 Å². The Kier molecular flexibility index (Phi) is 5.09. The predicted octanol–water partition coefficient (Wildman–Crippen LogP) is 5.94. The van der Waals surface area contributed by atoms with Crippen LogP contribution in [0.25, 0.3) is 16.9 Å². The van der Waals surface area contributed by atoms with Gasteiger partial charge in [-0.2, -0.15) is 18.3 Å². The average Bonchev–Trinajstić information content (AvgIpc) is 2.96. The third-order valence-electron chi connectivity index (χ3n) is 3.96. The minimum absolute atomic E-state index is 0.113. The van der Waals surface area contributed by atoms with Crippen molar-refractivity contribution in [2.45, 2.75) is 30.8 Å². The third-order valence-corrected chi connectivity index (χ3v) is 4.26. The molecule has 2 nitrogen and oxygen atoms in total. The van der Waals surface area contributed by atoms with Gasteiger partial charge in [-0.25, -0.2) is 9.07 Å². The number of thiol groups is 1. The fraction of sp³-hybridized carbons (Fsp3) is 0.211. The van der Waals surface area contributed by atoms with Crippen molar-refractivity contribution < 1.29 is 17.6 Å². The molecule has 0 radical (unpaired) electrons. The molecule has 2 aromatic carbocycles. The lowest BCUT2D eigenvalue weighted by atomic mass is 10.0. The van der Waals surface area contributed by atoms with Crippen molar-refractivity contribution in [2.24, 2.45) is 0 Å². The van der Waals surface area contributed by atoms with E-state index in [9.17, 15) is 17.6 Å². The Balaban J connectivity index is 2.31. The van der Waals surface area contributed by atoms with Crippen molar-refractivity contribution in [3.63, 3.8) is 0 Å². The van der Waals surface area contributed by atoms with Crippen LogP contribution in [0.15, 0.2) is 53.4 Å². The van der Waals surface area contributed by atoms with Crippen LogP contribution in [-0.4, -0.2) is 9.78 Å². The first kappa shape index (κ1) is 18.5. The molecular weight excluding hydrogens is 364 g/mol. The molecule has 0 saturated carbocycles. The molecule has 0 aliphatic heterocycles. The van der Waals surface area contributed by atoms with Crippen LogP contribution in [0.1, 0.15) is 24.6 Å². The van der Waals surface area contributed by atoms with Crippen molar-refractivity contribution in [3.8, 4) is 16.9 Å². The second kappa shape index (κ2) is 7.15. The standard InChI is InChI=1S/C19H16F4N2S/c1-2-3-16-17(12-4-6-13(20)7-5-12)25(24-18(16)19(21,22)23)14-8-10-15(26)11-9-14/h4-11,26H,2-3H2,1H3. The normalized spacial score (nSPS) is 11.8. The highest BCUT2D eigenvalue weighted by atomic mass is 32.1. The molecule has 0 atom stereocenters. The second-order valence-corrected chi connectivity index (χ2v) is 6.38. The van der Waals surface area contributed by atoms with Gasteiger partial charge in [0.05, 0.1) is 11.4 Å². The zero-order chi connectivity index (χ0) is 18.9. The molecule has 0 N–H and O–H groups in total. The first-order valence-corrected chi connectivity index (χ1v) is 8.50.